The number of benzene rings is 2. The van der Waals surface area contributed by atoms with E-state index in [4.69, 9.17) is 9.15 Å². The van der Waals surface area contributed by atoms with Crippen LogP contribution in [0.5, 0.6) is 5.75 Å². The first kappa shape index (κ1) is 19.0. The topological polar surface area (TPSA) is 84.7 Å². The second-order valence-corrected chi connectivity index (χ2v) is 7.05. The first-order valence-electron chi connectivity index (χ1n) is 9.71. The number of nitrogens with one attached hydrogen (secondary N) is 1. The number of hydrogen-bond acceptors (Lipinski definition) is 5. The molecule has 0 saturated carbocycles. The molecule has 29 heavy (non-hydrogen) atoms. The summed E-state index contributed by atoms with van der Waals surface area (Å²) in [5.74, 6) is 0.742. The number of rotatable bonds is 6. The Labute approximate surface area is 168 Å². The number of anilines is 1. The molecule has 2 aromatic carbocycles. The normalized spacial score (nSPS) is 16.4. The fourth-order valence-electron chi connectivity index (χ4n) is 3.60. The highest BCUT2D eigenvalue weighted by molar-refractivity contribution is 6.01. The van der Waals surface area contributed by atoms with Crippen LogP contribution in [0.1, 0.15) is 24.8 Å². The van der Waals surface area contributed by atoms with Crippen LogP contribution in [0.4, 0.5) is 5.69 Å². The molecule has 1 unspecified atom stereocenters. The summed E-state index contributed by atoms with van der Waals surface area (Å²) in [6, 6.07) is 13.1. The van der Waals surface area contributed by atoms with Gasteiger partial charge in [-0.2, -0.15) is 0 Å². The lowest BCUT2D eigenvalue weighted by Gasteiger charge is -2.17. The molecule has 7 nitrogen and oxygen atoms in total. The van der Waals surface area contributed by atoms with Crippen molar-refractivity contribution in [1.82, 2.24) is 10.3 Å². The number of fused-ring (bicyclic) bond motifs is 1. The van der Waals surface area contributed by atoms with E-state index in [-0.39, 0.29) is 18.2 Å². The molecule has 2 amide bonds. The predicted molar refractivity (Wildman–Crippen MR) is 109 cm³/mol. The molecule has 0 bridgehead atoms. The first-order valence-corrected chi connectivity index (χ1v) is 9.71. The number of ether oxygens (including phenoxy) is 1. The van der Waals surface area contributed by atoms with Crippen LogP contribution in [0, 0.1) is 12.8 Å². The van der Waals surface area contributed by atoms with E-state index in [1.165, 1.54) is 0 Å². The lowest BCUT2D eigenvalue weighted by molar-refractivity contribution is -0.126. The van der Waals surface area contributed by atoms with Gasteiger partial charge in [0.15, 0.2) is 11.5 Å². The first-order chi connectivity index (χ1) is 14.0. The van der Waals surface area contributed by atoms with Crippen LogP contribution in [0.15, 0.2) is 46.9 Å². The molecular weight excluding hydrogens is 370 g/mol. The average Bonchev–Trinajstić information content (AvgIpc) is 3.28. The average molecular weight is 393 g/mol. The van der Waals surface area contributed by atoms with E-state index in [9.17, 15) is 9.59 Å². The van der Waals surface area contributed by atoms with Gasteiger partial charge in [-0.1, -0.05) is 18.2 Å². The smallest absolute Gasteiger partial charge is 0.227 e. The van der Waals surface area contributed by atoms with Gasteiger partial charge >= 0.3 is 0 Å². The lowest BCUT2D eigenvalue weighted by atomic mass is 10.1. The van der Waals surface area contributed by atoms with Crippen LogP contribution in [0.3, 0.4) is 0 Å². The third-order valence-electron chi connectivity index (χ3n) is 5.01. The highest BCUT2D eigenvalue weighted by atomic mass is 16.5. The maximum absolute atomic E-state index is 12.7. The van der Waals surface area contributed by atoms with Crippen molar-refractivity contribution >= 4 is 28.6 Å². The zero-order valence-corrected chi connectivity index (χ0v) is 16.5. The number of oxazole rings is 1. The van der Waals surface area contributed by atoms with E-state index >= 15 is 0 Å². The van der Waals surface area contributed by atoms with E-state index in [1.54, 1.807) is 17.9 Å². The largest absolute Gasteiger partial charge is 0.494 e. The molecule has 0 radical (unpaired) electrons. The summed E-state index contributed by atoms with van der Waals surface area (Å²) < 4.78 is 11.1. The summed E-state index contributed by atoms with van der Waals surface area (Å²) in [6.45, 7) is 4.98. The fourth-order valence-corrected chi connectivity index (χ4v) is 3.60. The van der Waals surface area contributed by atoms with E-state index in [0.29, 0.717) is 36.7 Å². The van der Waals surface area contributed by atoms with Gasteiger partial charge in [-0.15, -0.1) is 0 Å². The van der Waals surface area contributed by atoms with Crippen molar-refractivity contribution in [2.24, 2.45) is 5.92 Å². The van der Waals surface area contributed by atoms with Gasteiger partial charge in [0.05, 0.1) is 12.5 Å². The Bertz CT molecular complexity index is 1060. The molecule has 1 aliphatic rings. The van der Waals surface area contributed by atoms with Crippen LogP contribution in [-0.4, -0.2) is 29.9 Å². The molecule has 150 valence electrons. The minimum atomic E-state index is -0.392. The molecule has 3 aromatic rings. The number of para-hydroxylation sites is 1. The van der Waals surface area contributed by atoms with Crippen molar-refractivity contribution < 1.29 is 18.7 Å². The van der Waals surface area contributed by atoms with Gasteiger partial charge in [0.1, 0.15) is 11.3 Å². The van der Waals surface area contributed by atoms with Crippen LogP contribution >= 0.6 is 0 Å². The fraction of sp³-hybridized carbons (Fsp3) is 0.318. The molecule has 1 aromatic heterocycles. The van der Waals surface area contributed by atoms with Crippen LogP contribution in [0.25, 0.3) is 11.1 Å². The number of nitrogens with zero attached hydrogens (tertiary/aromatic N) is 2. The summed E-state index contributed by atoms with van der Waals surface area (Å²) in [5, 5.41) is 2.94. The zero-order chi connectivity index (χ0) is 20.4. The number of aromatic nitrogens is 1. The third-order valence-corrected chi connectivity index (χ3v) is 5.01. The minimum absolute atomic E-state index is 0.0700. The maximum Gasteiger partial charge on any atom is 0.227 e. The second-order valence-electron chi connectivity index (χ2n) is 7.05. The standard InChI is InChI=1S/C22H23N3O4/c1-3-28-19-7-5-4-6-15(19)12-23-22(27)16-10-21(26)25(13-16)17-8-9-20-18(11-17)24-14(2)29-20/h4-9,11,16H,3,10,12-13H2,1-2H3,(H,23,27). The molecular formula is C22H23N3O4. The van der Waals surface area contributed by atoms with Gasteiger partial charge in [-0.3, -0.25) is 9.59 Å². The van der Waals surface area contributed by atoms with Gasteiger partial charge in [0.25, 0.3) is 0 Å². The van der Waals surface area contributed by atoms with Gasteiger partial charge in [0.2, 0.25) is 11.8 Å². The molecule has 1 fully saturated rings. The Balaban J connectivity index is 1.42. The molecule has 2 heterocycles. The summed E-state index contributed by atoms with van der Waals surface area (Å²) in [4.78, 5) is 31.1. The Kier molecular flexibility index (Phi) is 5.20. The highest BCUT2D eigenvalue weighted by Gasteiger charge is 2.35. The summed E-state index contributed by atoms with van der Waals surface area (Å²) in [6.07, 6.45) is 0.189. The second kappa shape index (κ2) is 7.95. The molecule has 1 atom stereocenters. The molecule has 1 N–H and O–H groups in total. The van der Waals surface area contributed by atoms with Gasteiger partial charge in [-0.05, 0) is 31.2 Å². The molecule has 1 saturated heterocycles. The lowest BCUT2D eigenvalue weighted by Crippen LogP contribution is -2.32. The Morgan fingerprint density at radius 1 is 1.31 bits per heavy atom. The molecule has 0 spiro atoms. The van der Waals surface area contributed by atoms with E-state index in [2.05, 4.69) is 10.3 Å². The minimum Gasteiger partial charge on any atom is -0.494 e. The summed E-state index contributed by atoms with van der Waals surface area (Å²) in [5.41, 5.74) is 3.02. The maximum atomic E-state index is 12.7. The quantitative estimate of drug-likeness (QED) is 0.695. The molecule has 4 rings (SSSR count). The Hall–Kier alpha value is -3.35. The Morgan fingerprint density at radius 3 is 2.97 bits per heavy atom. The van der Waals surface area contributed by atoms with Crippen molar-refractivity contribution in [3.8, 4) is 5.75 Å². The van der Waals surface area contributed by atoms with Gasteiger partial charge in [0, 0.05) is 37.7 Å². The van der Waals surface area contributed by atoms with Crippen molar-refractivity contribution in [1.29, 1.82) is 0 Å². The predicted octanol–water partition coefficient (Wildman–Crippen LogP) is 3.20. The third kappa shape index (κ3) is 3.94. The molecule has 0 aliphatic carbocycles. The van der Waals surface area contributed by atoms with Gasteiger partial charge in [-0.25, -0.2) is 4.98 Å². The van der Waals surface area contributed by atoms with Gasteiger partial charge < -0.3 is 19.4 Å². The van der Waals surface area contributed by atoms with E-state index in [0.717, 1.165) is 17.0 Å². The SMILES string of the molecule is CCOc1ccccc1CNC(=O)C1CC(=O)N(c2ccc3oc(C)nc3c2)C1. The van der Waals surface area contributed by atoms with Crippen LogP contribution in [0.2, 0.25) is 0 Å². The highest BCUT2D eigenvalue weighted by Crippen LogP contribution is 2.28. The number of carbonyl (C=O) groups is 2. The number of amides is 2. The van der Waals surface area contributed by atoms with E-state index < -0.39 is 5.92 Å². The van der Waals surface area contributed by atoms with E-state index in [1.807, 2.05) is 43.3 Å². The van der Waals surface area contributed by atoms with Crippen molar-refractivity contribution in [2.75, 3.05) is 18.1 Å². The summed E-state index contributed by atoms with van der Waals surface area (Å²) >= 11 is 0. The van der Waals surface area contributed by atoms with Crippen LogP contribution in [-0.2, 0) is 16.1 Å². The molecule has 7 heteroatoms. The number of hydrogen-bond donors (Lipinski definition) is 1. The van der Waals surface area contributed by atoms with Crippen molar-refractivity contribution in [3.05, 3.63) is 53.9 Å². The number of carbonyl (C=O) groups excluding carboxylic acids is 2. The monoisotopic (exact) mass is 393 g/mol. The van der Waals surface area contributed by atoms with Crippen molar-refractivity contribution in [2.45, 2.75) is 26.8 Å². The number of aryl methyl sites for hydroxylation is 1. The van der Waals surface area contributed by atoms with Crippen molar-refractivity contribution in [3.63, 3.8) is 0 Å². The molecule has 1 aliphatic heterocycles. The zero-order valence-electron chi connectivity index (χ0n) is 16.5. The van der Waals surface area contributed by atoms with Crippen LogP contribution < -0.4 is 15.0 Å². The summed E-state index contributed by atoms with van der Waals surface area (Å²) in [7, 11) is 0. The Morgan fingerprint density at radius 2 is 2.14 bits per heavy atom.